The molecule has 2 N–H and O–H groups in total. The van der Waals surface area contributed by atoms with E-state index in [1.807, 2.05) is 0 Å². The third kappa shape index (κ3) is 1.55. The predicted octanol–water partition coefficient (Wildman–Crippen LogP) is 1.92. The second-order valence-corrected chi connectivity index (χ2v) is 3.46. The number of nitrogens with one attached hydrogen (secondary N) is 1. The summed E-state index contributed by atoms with van der Waals surface area (Å²) in [6.07, 6.45) is 2.82. The van der Waals surface area contributed by atoms with E-state index in [0.717, 1.165) is 0 Å². The highest BCUT2D eigenvalue weighted by Gasteiger charge is 2.11. The summed E-state index contributed by atoms with van der Waals surface area (Å²) in [5, 5.41) is 8.84. The van der Waals surface area contributed by atoms with Gasteiger partial charge in [0.05, 0.1) is 17.3 Å². The molecule has 6 heteroatoms. The number of aromatic carboxylic acids is 1. The first kappa shape index (κ1) is 9.59. The Morgan fingerprint density at radius 1 is 1.47 bits per heavy atom. The first-order chi connectivity index (χ1) is 8.24. The van der Waals surface area contributed by atoms with Crippen LogP contribution in [0.1, 0.15) is 10.4 Å². The molecule has 0 unspecified atom stereocenters. The molecule has 0 bridgehead atoms. The molecule has 3 heterocycles. The van der Waals surface area contributed by atoms with Crippen LogP contribution < -0.4 is 0 Å². The highest BCUT2D eigenvalue weighted by atomic mass is 16.4. The maximum absolute atomic E-state index is 10.8. The van der Waals surface area contributed by atoms with Crippen molar-refractivity contribution in [1.29, 1.82) is 0 Å². The largest absolute Gasteiger partial charge is 0.478 e. The van der Waals surface area contributed by atoms with E-state index in [1.54, 1.807) is 18.4 Å². The zero-order valence-electron chi connectivity index (χ0n) is 8.54. The summed E-state index contributed by atoms with van der Waals surface area (Å²) < 4.78 is 5.19. The van der Waals surface area contributed by atoms with Gasteiger partial charge in [0.1, 0.15) is 0 Å². The molecule has 3 aromatic heterocycles. The fraction of sp³-hybridized carbons (Fsp3) is 0. The summed E-state index contributed by atoms with van der Waals surface area (Å²) in [4.78, 5) is 21.9. The summed E-state index contributed by atoms with van der Waals surface area (Å²) in [6, 6.07) is 5.00. The molecule has 0 radical (unpaired) electrons. The quantitative estimate of drug-likeness (QED) is 0.700. The minimum atomic E-state index is -1.02. The Labute approximate surface area is 94.9 Å². The predicted molar refractivity (Wildman–Crippen MR) is 58.6 cm³/mol. The molecule has 84 valence electrons. The number of H-pyrrole nitrogens is 1. The maximum Gasteiger partial charge on any atom is 0.337 e. The second-order valence-electron chi connectivity index (χ2n) is 3.46. The molecule has 0 saturated heterocycles. The molecular formula is C11H7N3O3. The SMILES string of the molecule is O=C(O)c1cnc2nc(-c3ccco3)[nH]c2c1. The van der Waals surface area contributed by atoms with Crippen molar-refractivity contribution in [1.82, 2.24) is 15.0 Å². The lowest BCUT2D eigenvalue weighted by Crippen LogP contribution is -1.96. The highest BCUT2D eigenvalue weighted by molar-refractivity contribution is 5.91. The van der Waals surface area contributed by atoms with Crippen LogP contribution in [0.5, 0.6) is 0 Å². The van der Waals surface area contributed by atoms with Gasteiger partial charge in [0.2, 0.25) is 0 Å². The Morgan fingerprint density at radius 3 is 3.06 bits per heavy atom. The van der Waals surface area contributed by atoms with Gasteiger partial charge in [-0.3, -0.25) is 0 Å². The van der Waals surface area contributed by atoms with Crippen molar-refractivity contribution in [2.45, 2.75) is 0 Å². The van der Waals surface area contributed by atoms with Crippen molar-refractivity contribution >= 4 is 17.1 Å². The van der Waals surface area contributed by atoms with Crippen molar-refractivity contribution in [3.05, 3.63) is 36.2 Å². The molecule has 3 rings (SSSR count). The number of aromatic amines is 1. The number of rotatable bonds is 2. The van der Waals surface area contributed by atoms with Crippen LogP contribution in [0.3, 0.4) is 0 Å². The molecule has 0 atom stereocenters. The first-order valence-electron chi connectivity index (χ1n) is 4.87. The van der Waals surface area contributed by atoms with E-state index in [1.165, 1.54) is 12.3 Å². The Morgan fingerprint density at radius 2 is 2.35 bits per heavy atom. The third-order valence-electron chi connectivity index (χ3n) is 2.34. The van der Waals surface area contributed by atoms with E-state index in [2.05, 4.69) is 15.0 Å². The van der Waals surface area contributed by atoms with Crippen LogP contribution in [-0.4, -0.2) is 26.0 Å². The van der Waals surface area contributed by atoms with Gasteiger partial charge < -0.3 is 14.5 Å². The van der Waals surface area contributed by atoms with Gasteiger partial charge in [-0.25, -0.2) is 14.8 Å². The molecule has 0 saturated carbocycles. The number of carboxylic acids is 1. The molecule has 0 aromatic carbocycles. The number of pyridine rings is 1. The minimum Gasteiger partial charge on any atom is -0.478 e. The number of fused-ring (bicyclic) bond motifs is 1. The zero-order valence-corrected chi connectivity index (χ0v) is 8.54. The van der Waals surface area contributed by atoms with Gasteiger partial charge in [-0.1, -0.05) is 0 Å². The van der Waals surface area contributed by atoms with Crippen LogP contribution in [0.2, 0.25) is 0 Å². The van der Waals surface area contributed by atoms with Crippen molar-refractivity contribution in [3.8, 4) is 11.6 Å². The Bertz CT molecular complexity index is 685. The zero-order chi connectivity index (χ0) is 11.8. The number of hydrogen-bond acceptors (Lipinski definition) is 4. The first-order valence-corrected chi connectivity index (χ1v) is 4.87. The number of carboxylic acid groups (broad SMARTS) is 1. The summed E-state index contributed by atoms with van der Waals surface area (Å²) in [5.41, 5.74) is 1.14. The molecule has 0 aliphatic rings. The smallest absolute Gasteiger partial charge is 0.337 e. The van der Waals surface area contributed by atoms with Gasteiger partial charge in [0.25, 0.3) is 0 Å². The van der Waals surface area contributed by atoms with Crippen LogP contribution in [0.25, 0.3) is 22.7 Å². The number of furan rings is 1. The van der Waals surface area contributed by atoms with Gasteiger partial charge in [-0.2, -0.15) is 0 Å². The number of nitrogens with zero attached hydrogens (tertiary/aromatic N) is 2. The van der Waals surface area contributed by atoms with Crippen LogP contribution in [0.4, 0.5) is 0 Å². The molecule has 0 spiro atoms. The average molecular weight is 229 g/mol. The van der Waals surface area contributed by atoms with Crippen LogP contribution >= 0.6 is 0 Å². The van der Waals surface area contributed by atoms with Crippen LogP contribution in [0, 0.1) is 0 Å². The maximum atomic E-state index is 10.8. The van der Waals surface area contributed by atoms with Crippen molar-refractivity contribution in [3.63, 3.8) is 0 Å². The number of imidazole rings is 1. The van der Waals surface area contributed by atoms with E-state index < -0.39 is 5.97 Å². The Balaban J connectivity index is 2.16. The Kier molecular flexibility index (Phi) is 1.94. The molecule has 6 nitrogen and oxygen atoms in total. The summed E-state index contributed by atoms with van der Waals surface area (Å²) in [5.74, 6) is 0.0912. The summed E-state index contributed by atoms with van der Waals surface area (Å²) >= 11 is 0. The van der Waals surface area contributed by atoms with Gasteiger partial charge in [0, 0.05) is 6.20 Å². The molecule has 0 amide bonds. The topological polar surface area (TPSA) is 92.0 Å². The third-order valence-corrected chi connectivity index (χ3v) is 2.34. The average Bonchev–Trinajstić information content (AvgIpc) is 2.96. The van der Waals surface area contributed by atoms with E-state index >= 15 is 0 Å². The van der Waals surface area contributed by atoms with Crippen LogP contribution in [-0.2, 0) is 0 Å². The lowest BCUT2D eigenvalue weighted by Gasteiger charge is -1.91. The number of aromatic nitrogens is 3. The van der Waals surface area contributed by atoms with Crippen molar-refractivity contribution < 1.29 is 14.3 Å². The monoisotopic (exact) mass is 229 g/mol. The van der Waals surface area contributed by atoms with Crippen LogP contribution in [0.15, 0.2) is 35.1 Å². The minimum absolute atomic E-state index is 0.118. The summed E-state index contributed by atoms with van der Waals surface area (Å²) in [6.45, 7) is 0. The van der Waals surface area contributed by atoms with Gasteiger partial charge in [-0.15, -0.1) is 0 Å². The lowest BCUT2D eigenvalue weighted by molar-refractivity contribution is 0.0696. The van der Waals surface area contributed by atoms with E-state index in [-0.39, 0.29) is 5.56 Å². The van der Waals surface area contributed by atoms with E-state index in [9.17, 15) is 4.79 Å². The van der Waals surface area contributed by atoms with Gasteiger partial charge in [-0.05, 0) is 18.2 Å². The van der Waals surface area contributed by atoms with Gasteiger partial charge in [0.15, 0.2) is 17.2 Å². The van der Waals surface area contributed by atoms with Gasteiger partial charge >= 0.3 is 5.97 Å². The fourth-order valence-corrected chi connectivity index (χ4v) is 1.55. The second kappa shape index (κ2) is 3.44. The normalized spacial score (nSPS) is 10.8. The molecule has 0 aliphatic carbocycles. The molecule has 0 fully saturated rings. The van der Waals surface area contributed by atoms with Crippen molar-refractivity contribution in [2.24, 2.45) is 0 Å². The molecular weight excluding hydrogens is 222 g/mol. The van der Waals surface area contributed by atoms with E-state index in [4.69, 9.17) is 9.52 Å². The Hall–Kier alpha value is -2.63. The lowest BCUT2D eigenvalue weighted by atomic mass is 10.3. The molecule has 3 aromatic rings. The molecule has 17 heavy (non-hydrogen) atoms. The summed E-state index contributed by atoms with van der Waals surface area (Å²) in [7, 11) is 0. The highest BCUT2D eigenvalue weighted by Crippen LogP contribution is 2.20. The standard InChI is InChI=1S/C11H7N3O3/c15-11(16)6-4-7-9(12-5-6)14-10(13-7)8-2-1-3-17-8/h1-5H,(H,15,16)(H,12,13,14). The number of hydrogen-bond donors (Lipinski definition) is 2. The molecule has 0 aliphatic heterocycles. The fourth-order valence-electron chi connectivity index (χ4n) is 1.55. The van der Waals surface area contributed by atoms with E-state index in [0.29, 0.717) is 22.7 Å². The number of carbonyl (C=O) groups is 1. The van der Waals surface area contributed by atoms with Crippen molar-refractivity contribution in [2.75, 3.05) is 0 Å².